The van der Waals surface area contributed by atoms with Crippen LogP contribution in [0.3, 0.4) is 0 Å². The van der Waals surface area contributed by atoms with Gasteiger partial charge in [0.05, 0.1) is 0 Å². The number of rotatable bonds is 2. The van der Waals surface area contributed by atoms with Crippen LogP contribution in [0.25, 0.3) is 0 Å². The zero-order valence-corrected chi connectivity index (χ0v) is 11.6. The highest BCUT2D eigenvalue weighted by molar-refractivity contribution is 5.67. The largest absolute Gasteiger partial charge is 0.445 e. The van der Waals surface area contributed by atoms with Crippen LogP contribution < -0.4 is 0 Å². The topological polar surface area (TPSA) is 49.8 Å². The molecule has 1 N–H and O–H groups in total. The molecule has 0 radical (unpaired) electrons. The Hall–Kier alpha value is -1.99. The zero-order valence-electron chi connectivity index (χ0n) is 11.6. The van der Waals surface area contributed by atoms with Gasteiger partial charge >= 0.3 is 6.09 Å². The molecule has 1 heterocycles. The van der Waals surface area contributed by atoms with Gasteiger partial charge in [-0.25, -0.2) is 4.79 Å². The lowest BCUT2D eigenvalue weighted by Gasteiger charge is -2.34. The van der Waals surface area contributed by atoms with Crippen molar-refractivity contribution in [3.05, 3.63) is 35.9 Å². The molecular weight excluding hydrogens is 254 g/mol. The van der Waals surface area contributed by atoms with Crippen LogP contribution in [0, 0.1) is 11.8 Å². The van der Waals surface area contributed by atoms with Crippen molar-refractivity contribution in [2.24, 2.45) is 0 Å². The Kier molecular flexibility index (Phi) is 4.65. The maximum Gasteiger partial charge on any atom is 0.410 e. The van der Waals surface area contributed by atoms with Gasteiger partial charge in [-0.2, -0.15) is 0 Å². The molecule has 0 unspecified atom stereocenters. The number of ether oxygens (including phenoxy) is 1. The van der Waals surface area contributed by atoms with Crippen LogP contribution in [-0.2, 0) is 11.3 Å². The van der Waals surface area contributed by atoms with Gasteiger partial charge in [-0.1, -0.05) is 36.3 Å². The van der Waals surface area contributed by atoms with Crippen molar-refractivity contribution in [1.29, 1.82) is 0 Å². The predicted molar refractivity (Wildman–Crippen MR) is 75.8 cm³/mol. The van der Waals surface area contributed by atoms with E-state index in [2.05, 4.69) is 11.8 Å². The molecule has 1 fully saturated rings. The fraction of sp³-hybridized carbons (Fsp3) is 0.438. The smallest absolute Gasteiger partial charge is 0.410 e. The minimum absolute atomic E-state index is 0.273. The number of likely N-dealkylation sites (tertiary alicyclic amines) is 1. The summed E-state index contributed by atoms with van der Waals surface area (Å²) in [4.78, 5) is 13.5. The van der Waals surface area contributed by atoms with E-state index in [1.807, 2.05) is 30.3 Å². The lowest BCUT2D eigenvalue weighted by Crippen LogP contribution is -2.46. The van der Waals surface area contributed by atoms with Gasteiger partial charge in [0.2, 0.25) is 0 Å². The van der Waals surface area contributed by atoms with Gasteiger partial charge in [0.1, 0.15) is 12.2 Å². The van der Waals surface area contributed by atoms with Crippen LogP contribution in [-0.4, -0.2) is 34.8 Å². The van der Waals surface area contributed by atoms with E-state index in [4.69, 9.17) is 4.74 Å². The summed E-state index contributed by atoms with van der Waals surface area (Å²) in [6.45, 7) is 2.92. The van der Waals surface area contributed by atoms with Crippen molar-refractivity contribution in [2.45, 2.75) is 32.0 Å². The van der Waals surface area contributed by atoms with Crippen molar-refractivity contribution in [2.75, 3.05) is 13.1 Å². The first-order valence-corrected chi connectivity index (χ1v) is 6.75. The Labute approximate surface area is 119 Å². The molecule has 1 aliphatic rings. The number of amides is 1. The summed E-state index contributed by atoms with van der Waals surface area (Å²) in [6, 6.07) is 9.57. The number of aliphatic hydroxyl groups is 1. The van der Waals surface area contributed by atoms with Crippen molar-refractivity contribution < 1.29 is 14.6 Å². The van der Waals surface area contributed by atoms with Crippen LogP contribution >= 0.6 is 0 Å². The van der Waals surface area contributed by atoms with Crippen LogP contribution in [0.1, 0.15) is 25.3 Å². The summed E-state index contributed by atoms with van der Waals surface area (Å²) in [5, 5.41) is 10.1. The molecule has 0 aromatic heterocycles. The average Bonchev–Trinajstić information content (AvgIpc) is 2.47. The number of benzene rings is 1. The molecule has 1 aliphatic heterocycles. The van der Waals surface area contributed by atoms with E-state index < -0.39 is 5.60 Å². The van der Waals surface area contributed by atoms with Crippen LogP contribution in [0.4, 0.5) is 4.79 Å². The second kappa shape index (κ2) is 6.44. The monoisotopic (exact) mass is 273 g/mol. The van der Waals surface area contributed by atoms with Gasteiger partial charge in [0.15, 0.2) is 0 Å². The Bertz CT molecular complexity index is 508. The van der Waals surface area contributed by atoms with E-state index in [1.165, 1.54) is 0 Å². The van der Waals surface area contributed by atoms with Gasteiger partial charge in [-0.05, 0) is 12.5 Å². The first-order valence-electron chi connectivity index (χ1n) is 6.75. The minimum atomic E-state index is -0.953. The SMILES string of the molecule is CC#CC1(O)CCN(C(=O)OCc2ccccc2)CC1. The molecule has 2 rings (SSSR count). The van der Waals surface area contributed by atoms with E-state index in [0.717, 1.165) is 5.56 Å². The second-order valence-corrected chi connectivity index (χ2v) is 4.93. The molecule has 0 aliphatic carbocycles. The molecule has 1 amide bonds. The number of nitrogens with zero attached hydrogens (tertiary/aromatic N) is 1. The van der Waals surface area contributed by atoms with Gasteiger partial charge in [0.25, 0.3) is 0 Å². The van der Waals surface area contributed by atoms with Crippen LogP contribution in [0.5, 0.6) is 0 Å². The van der Waals surface area contributed by atoms with E-state index >= 15 is 0 Å². The van der Waals surface area contributed by atoms with E-state index in [9.17, 15) is 9.90 Å². The number of piperidine rings is 1. The highest BCUT2D eigenvalue weighted by atomic mass is 16.6. The van der Waals surface area contributed by atoms with Crippen molar-refractivity contribution >= 4 is 6.09 Å². The maximum absolute atomic E-state index is 11.9. The van der Waals surface area contributed by atoms with Crippen molar-refractivity contribution in [3.63, 3.8) is 0 Å². The fourth-order valence-electron chi connectivity index (χ4n) is 2.23. The molecule has 0 saturated carbocycles. The van der Waals surface area contributed by atoms with Gasteiger partial charge in [0, 0.05) is 25.9 Å². The average molecular weight is 273 g/mol. The summed E-state index contributed by atoms with van der Waals surface area (Å²) in [7, 11) is 0. The van der Waals surface area contributed by atoms with Gasteiger partial charge < -0.3 is 14.7 Å². The Morgan fingerprint density at radius 2 is 2.00 bits per heavy atom. The van der Waals surface area contributed by atoms with Crippen molar-refractivity contribution in [3.8, 4) is 11.8 Å². The van der Waals surface area contributed by atoms with Gasteiger partial charge in [-0.15, -0.1) is 5.92 Å². The van der Waals surface area contributed by atoms with E-state index in [0.29, 0.717) is 25.9 Å². The molecule has 4 nitrogen and oxygen atoms in total. The molecule has 0 bridgehead atoms. The first kappa shape index (κ1) is 14.4. The molecule has 20 heavy (non-hydrogen) atoms. The highest BCUT2D eigenvalue weighted by Crippen LogP contribution is 2.22. The molecule has 0 spiro atoms. The normalized spacial score (nSPS) is 17.0. The third kappa shape index (κ3) is 3.75. The quantitative estimate of drug-likeness (QED) is 0.840. The Morgan fingerprint density at radius 3 is 2.60 bits per heavy atom. The highest BCUT2D eigenvalue weighted by Gasteiger charge is 2.32. The maximum atomic E-state index is 11.9. The molecule has 4 heteroatoms. The molecular formula is C16H19NO3. The third-order valence-electron chi connectivity index (χ3n) is 3.41. The van der Waals surface area contributed by atoms with Crippen molar-refractivity contribution in [1.82, 2.24) is 4.90 Å². The molecule has 0 atom stereocenters. The Balaban J connectivity index is 1.81. The second-order valence-electron chi connectivity index (χ2n) is 4.93. The summed E-state index contributed by atoms with van der Waals surface area (Å²) in [6.07, 6.45) is 0.600. The van der Waals surface area contributed by atoms with Crippen LogP contribution in [0.15, 0.2) is 30.3 Å². The lowest BCUT2D eigenvalue weighted by atomic mass is 9.92. The van der Waals surface area contributed by atoms with E-state index in [1.54, 1.807) is 11.8 Å². The van der Waals surface area contributed by atoms with E-state index in [-0.39, 0.29) is 12.7 Å². The molecule has 106 valence electrons. The standard InChI is InChI=1S/C16H19NO3/c1-2-8-16(19)9-11-17(12-10-16)15(18)20-13-14-6-4-3-5-7-14/h3-7,19H,9-13H2,1H3. The fourth-order valence-corrected chi connectivity index (χ4v) is 2.23. The minimum Gasteiger partial charge on any atom is -0.445 e. The van der Waals surface area contributed by atoms with Gasteiger partial charge in [-0.3, -0.25) is 0 Å². The third-order valence-corrected chi connectivity index (χ3v) is 3.41. The molecule has 1 aromatic carbocycles. The summed E-state index contributed by atoms with van der Waals surface area (Å²) in [5.74, 6) is 5.54. The number of carbonyl (C=O) groups excluding carboxylic acids is 1. The summed E-state index contributed by atoms with van der Waals surface area (Å²) < 4.78 is 5.27. The summed E-state index contributed by atoms with van der Waals surface area (Å²) in [5.41, 5.74) is 0.0107. The summed E-state index contributed by atoms with van der Waals surface area (Å²) >= 11 is 0. The predicted octanol–water partition coefficient (Wildman–Crippen LogP) is 2.17. The van der Waals surface area contributed by atoms with Crippen LogP contribution in [0.2, 0.25) is 0 Å². The molecule has 1 saturated heterocycles. The number of hydrogen-bond donors (Lipinski definition) is 1. The first-order chi connectivity index (χ1) is 9.63. The number of hydrogen-bond acceptors (Lipinski definition) is 3. The molecule has 1 aromatic rings. The number of carbonyl (C=O) groups is 1. The Morgan fingerprint density at radius 1 is 1.35 bits per heavy atom. The lowest BCUT2D eigenvalue weighted by molar-refractivity contribution is 0.0202. The zero-order chi connectivity index (χ0) is 14.4.